The van der Waals surface area contributed by atoms with Gasteiger partial charge in [0, 0.05) is 11.3 Å². The topological polar surface area (TPSA) is 75.2 Å². The van der Waals surface area contributed by atoms with E-state index in [1.165, 1.54) is 7.11 Å². The minimum atomic E-state index is -0.661. The number of H-pyrrole nitrogens is 1. The monoisotopic (exact) mass is 274 g/mol. The highest BCUT2D eigenvalue weighted by Crippen LogP contribution is 2.27. The van der Waals surface area contributed by atoms with Gasteiger partial charge >= 0.3 is 5.97 Å². The fraction of sp³-hybridized carbons (Fsp3) is 0.333. The number of carbonyl (C=O) groups excluding carboxylic acids is 1. The van der Waals surface area contributed by atoms with E-state index >= 15 is 0 Å². The lowest BCUT2D eigenvalue weighted by molar-refractivity contribution is 0.0601. The second kappa shape index (κ2) is 5.46. The van der Waals surface area contributed by atoms with E-state index in [-0.39, 0.29) is 5.97 Å². The molecule has 5 heteroatoms. The summed E-state index contributed by atoms with van der Waals surface area (Å²) in [5.41, 5.74) is 3.93. The average Bonchev–Trinajstić information content (AvgIpc) is 2.80. The lowest BCUT2D eigenvalue weighted by atomic mass is 10.0. The van der Waals surface area contributed by atoms with Gasteiger partial charge in [-0.3, -0.25) is 0 Å². The number of ether oxygens (including phenoxy) is 1. The fourth-order valence-electron chi connectivity index (χ4n) is 2.07. The molecule has 0 aliphatic carbocycles. The number of aliphatic hydroxyl groups is 1. The van der Waals surface area contributed by atoms with Gasteiger partial charge in [-0.15, -0.1) is 0 Å². The second-order valence-corrected chi connectivity index (χ2v) is 4.79. The number of aromatic nitrogens is 2. The number of hydrogen-bond donors (Lipinski definition) is 2. The van der Waals surface area contributed by atoms with Gasteiger partial charge in [-0.25, -0.2) is 9.78 Å². The predicted molar refractivity (Wildman–Crippen MR) is 75.5 cm³/mol. The summed E-state index contributed by atoms with van der Waals surface area (Å²) in [5, 5.41) is 9.59. The first-order valence-corrected chi connectivity index (χ1v) is 6.38. The number of esters is 1. The summed E-state index contributed by atoms with van der Waals surface area (Å²) in [4.78, 5) is 19.1. The van der Waals surface area contributed by atoms with E-state index in [9.17, 15) is 9.90 Å². The first-order chi connectivity index (χ1) is 9.43. The van der Waals surface area contributed by atoms with E-state index in [2.05, 4.69) is 9.97 Å². The first-order valence-electron chi connectivity index (χ1n) is 6.38. The minimum Gasteiger partial charge on any atom is -0.465 e. The van der Waals surface area contributed by atoms with Crippen molar-refractivity contribution in [3.63, 3.8) is 0 Å². The van der Waals surface area contributed by atoms with Gasteiger partial charge in [-0.05, 0) is 38.5 Å². The molecule has 1 aromatic carbocycles. The van der Waals surface area contributed by atoms with Crippen LogP contribution in [0, 0.1) is 13.8 Å². The Balaban J connectivity index is 2.54. The van der Waals surface area contributed by atoms with E-state index in [0.29, 0.717) is 11.4 Å². The van der Waals surface area contributed by atoms with E-state index in [1.54, 1.807) is 19.1 Å². The molecule has 0 bridgehead atoms. The van der Waals surface area contributed by atoms with Gasteiger partial charge < -0.3 is 14.8 Å². The van der Waals surface area contributed by atoms with Crippen LogP contribution < -0.4 is 0 Å². The molecule has 2 rings (SSSR count). The van der Waals surface area contributed by atoms with Gasteiger partial charge in [0.2, 0.25) is 0 Å². The number of nitrogens with one attached hydrogen (secondary N) is 1. The Morgan fingerprint density at radius 1 is 1.40 bits per heavy atom. The van der Waals surface area contributed by atoms with Gasteiger partial charge in [0.25, 0.3) is 0 Å². The molecule has 20 heavy (non-hydrogen) atoms. The molecule has 0 fully saturated rings. The number of benzene rings is 1. The molecular weight excluding hydrogens is 256 g/mol. The summed E-state index contributed by atoms with van der Waals surface area (Å²) < 4.78 is 4.73. The summed E-state index contributed by atoms with van der Waals surface area (Å²) in [5.74, 6) is 0.135. The number of hydrogen-bond acceptors (Lipinski definition) is 4. The molecule has 1 heterocycles. The highest BCUT2D eigenvalue weighted by atomic mass is 16.5. The molecule has 0 aliphatic rings. The number of carbonyl (C=O) groups is 1. The van der Waals surface area contributed by atoms with Gasteiger partial charge in [0.1, 0.15) is 11.9 Å². The van der Waals surface area contributed by atoms with Crippen molar-refractivity contribution >= 4 is 5.97 Å². The van der Waals surface area contributed by atoms with Crippen LogP contribution in [0.2, 0.25) is 0 Å². The third-order valence-electron chi connectivity index (χ3n) is 3.21. The van der Waals surface area contributed by atoms with Crippen LogP contribution in [0.25, 0.3) is 11.3 Å². The van der Waals surface area contributed by atoms with Gasteiger partial charge in [0.05, 0.1) is 18.4 Å². The third-order valence-corrected chi connectivity index (χ3v) is 3.21. The minimum absolute atomic E-state index is 0.379. The molecule has 0 radical (unpaired) electrons. The molecule has 0 saturated heterocycles. The Kier molecular flexibility index (Phi) is 3.90. The van der Waals surface area contributed by atoms with Crippen molar-refractivity contribution in [3.8, 4) is 11.3 Å². The smallest absolute Gasteiger partial charge is 0.337 e. The van der Waals surface area contributed by atoms with Gasteiger partial charge in [-0.2, -0.15) is 0 Å². The lowest BCUT2D eigenvalue weighted by Crippen LogP contribution is -2.02. The number of rotatable bonds is 3. The molecule has 0 spiro atoms. The van der Waals surface area contributed by atoms with Crippen LogP contribution >= 0.6 is 0 Å². The largest absolute Gasteiger partial charge is 0.465 e. The van der Waals surface area contributed by atoms with Gasteiger partial charge in [-0.1, -0.05) is 6.07 Å². The first kappa shape index (κ1) is 14.3. The number of methoxy groups -OCH3 is 1. The number of aryl methyl sites for hydroxylation is 2. The standard InChI is InChI=1S/C15H18N2O3/c1-8-5-6-11(15(19)20-4)7-12(8)13-9(2)16-14(17-13)10(3)18/h5-7,10,18H,1-4H3,(H,16,17). The Morgan fingerprint density at radius 3 is 2.65 bits per heavy atom. The van der Waals surface area contributed by atoms with Crippen LogP contribution in [0.15, 0.2) is 18.2 Å². The van der Waals surface area contributed by atoms with Crippen molar-refractivity contribution in [1.82, 2.24) is 9.97 Å². The summed E-state index contributed by atoms with van der Waals surface area (Å²) in [6, 6.07) is 5.34. The summed E-state index contributed by atoms with van der Waals surface area (Å²) in [7, 11) is 1.35. The van der Waals surface area contributed by atoms with E-state index in [4.69, 9.17) is 4.74 Å². The summed E-state index contributed by atoms with van der Waals surface area (Å²) >= 11 is 0. The zero-order valence-corrected chi connectivity index (χ0v) is 12.0. The molecular formula is C15H18N2O3. The van der Waals surface area contributed by atoms with Crippen molar-refractivity contribution in [2.24, 2.45) is 0 Å². The fourth-order valence-corrected chi connectivity index (χ4v) is 2.07. The van der Waals surface area contributed by atoms with E-state index < -0.39 is 6.10 Å². The molecule has 2 aromatic rings. The molecule has 106 valence electrons. The van der Waals surface area contributed by atoms with Crippen LogP contribution in [0.4, 0.5) is 0 Å². The Morgan fingerprint density at radius 2 is 2.10 bits per heavy atom. The molecule has 0 amide bonds. The van der Waals surface area contributed by atoms with Crippen LogP contribution in [-0.4, -0.2) is 28.2 Å². The molecule has 2 N–H and O–H groups in total. The molecule has 5 nitrogen and oxygen atoms in total. The highest BCUT2D eigenvalue weighted by Gasteiger charge is 2.16. The Hall–Kier alpha value is -2.14. The van der Waals surface area contributed by atoms with Crippen molar-refractivity contribution < 1.29 is 14.6 Å². The quantitative estimate of drug-likeness (QED) is 0.843. The van der Waals surface area contributed by atoms with Crippen molar-refractivity contribution in [2.45, 2.75) is 26.9 Å². The van der Waals surface area contributed by atoms with Crippen molar-refractivity contribution in [2.75, 3.05) is 7.11 Å². The van der Waals surface area contributed by atoms with Crippen LogP contribution in [0.3, 0.4) is 0 Å². The van der Waals surface area contributed by atoms with Crippen LogP contribution in [0.1, 0.15) is 40.5 Å². The van der Waals surface area contributed by atoms with Crippen molar-refractivity contribution in [1.29, 1.82) is 0 Å². The number of aromatic amines is 1. The Labute approximate surface area is 117 Å². The van der Waals surface area contributed by atoms with E-state index in [1.807, 2.05) is 19.9 Å². The highest BCUT2D eigenvalue weighted by molar-refractivity contribution is 5.91. The van der Waals surface area contributed by atoms with E-state index in [0.717, 1.165) is 22.5 Å². The SMILES string of the molecule is COC(=O)c1ccc(C)c(-c2nc(C(C)O)[nH]c2C)c1. The van der Waals surface area contributed by atoms with Crippen molar-refractivity contribution in [3.05, 3.63) is 40.8 Å². The van der Waals surface area contributed by atoms with Crippen LogP contribution in [0.5, 0.6) is 0 Å². The zero-order valence-electron chi connectivity index (χ0n) is 12.0. The molecule has 1 unspecified atom stereocenters. The number of nitrogens with zero attached hydrogens (tertiary/aromatic N) is 1. The average molecular weight is 274 g/mol. The zero-order chi connectivity index (χ0) is 14.9. The van der Waals surface area contributed by atoms with Gasteiger partial charge in [0.15, 0.2) is 0 Å². The maximum Gasteiger partial charge on any atom is 0.337 e. The lowest BCUT2D eigenvalue weighted by Gasteiger charge is -2.07. The maximum absolute atomic E-state index is 11.6. The number of aliphatic hydroxyl groups excluding tert-OH is 1. The molecule has 1 atom stereocenters. The van der Waals surface area contributed by atoms with Crippen LogP contribution in [-0.2, 0) is 4.74 Å². The Bertz CT molecular complexity index is 645. The molecule has 1 aromatic heterocycles. The molecule has 0 saturated carbocycles. The summed E-state index contributed by atoms with van der Waals surface area (Å²) in [6.07, 6.45) is -0.661. The predicted octanol–water partition coefficient (Wildman–Crippen LogP) is 2.53. The summed E-state index contributed by atoms with van der Waals surface area (Å²) in [6.45, 7) is 5.49. The second-order valence-electron chi connectivity index (χ2n) is 4.79. The number of imidazole rings is 1. The molecule has 0 aliphatic heterocycles. The third kappa shape index (κ3) is 2.58. The maximum atomic E-state index is 11.6. The normalized spacial score (nSPS) is 12.2.